The Hall–Kier alpha value is -2.51. The molecule has 4 aliphatic heterocycles. The van der Waals surface area contributed by atoms with Gasteiger partial charge in [0.15, 0.2) is 0 Å². The molecule has 2 aromatic rings. The van der Waals surface area contributed by atoms with Crippen molar-refractivity contribution in [3.8, 4) is 0 Å². The number of aryl methyl sites for hydroxylation is 2. The van der Waals surface area contributed by atoms with Gasteiger partial charge in [-0.2, -0.15) is 0 Å². The summed E-state index contributed by atoms with van der Waals surface area (Å²) >= 11 is 3.53. The molecular weight excluding hydrogens is 458 g/mol. The van der Waals surface area contributed by atoms with Gasteiger partial charge < -0.3 is 5.32 Å². The molecule has 4 aliphatic rings. The van der Waals surface area contributed by atoms with Gasteiger partial charge in [0, 0.05) is 21.8 Å². The van der Waals surface area contributed by atoms with Crippen molar-refractivity contribution < 1.29 is 14.4 Å². The number of halogens is 1. The molecule has 0 radical (unpaired) electrons. The second-order valence-corrected chi connectivity index (χ2v) is 9.95. The minimum atomic E-state index is -1.12. The molecule has 0 bridgehead atoms. The molecule has 6 rings (SSSR count). The first-order chi connectivity index (χ1) is 14.9. The molecule has 31 heavy (non-hydrogen) atoms. The van der Waals surface area contributed by atoms with Crippen LogP contribution < -0.4 is 10.2 Å². The SMILES string of the molecule is Cc1ccc(N2C(=O)[C@@H]3[C@@H]4CCCN4[C@]4(C(=O)Nc5c(C)cccc54)[C@H]3C2=O)c(Br)c1. The lowest BCUT2D eigenvalue weighted by Gasteiger charge is -2.36. The maximum absolute atomic E-state index is 13.9. The van der Waals surface area contributed by atoms with Crippen molar-refractivity contribution in [3.05, 3.63) is 57.6 Å². The van der Waals surface area contributed by atoms with E-state index in [1.165, 1.54) is 4.90 Å². The van der Waals surface area contributed by atoms with Gasteiger partial charge in [0.1, 0.15) is 5.54 Å². The molecule has 4 atom stereocenters. The third-order valence-corrected chi connectivity index (χ3v) is 8.22. The summed E-state index contributed by atoms with van der Waals surface area (Å²) in [7, 11) is 0. The fraction of sp³-hybridized carbons (Fsp3) is 0.375. The van der Waals surface area contributed by atoms with Crippen LogP contribution in [0, 0.1) is 25.7 Å². The van der Waals surface area contributed by atoms with E-state index in [1.807, 2.05) is 50.2 Å². The molecule has 3 amide bonds. The Morgan fingerprint density at radius 1 is 1.10 bits per heavy atom. The van der Waals surface area contributed by atoms with Crippen molar-refractivity contribution in [2.24, 2.45) is 11.8 Å². The molecule has 3 saturated heterocycles. The van der Waals surface area contributed by atoms with E-state index in [9.17, 15) is 14.4 Å². The quantitative estimate of drug-likeness (QED) is 0.635. The first-order valence-corrected chi connectivity index (χ1v) is 11.5. The van der Waals surface area contributed by atoms with Crippen LogP contribution >= 0.6 is 15.9 Å². The molecule has 3 fully saturated rings. The first kappa shape index (κ1) is 19.2. The smallest absolute Gasteiger partial charge is 0.250 e. The summed E-state index contributed by atoms with van der Waals surface area (Å²) in [6, 6.07) is 11.3. The number of carbonyl (C=O) groups is 3. The van der Waals surface area contributed by atoms with Gasteiger partial charge in [-0.25, -0.2) is 4.90 Å². The van der Waals surface area contributed by atoms with Crippen LogP contribution in [0.25, 0.3) is 0 Å². The van der Waals surface area contributed by atoms with Crippen LogP contribution in [0.1, 0.15) is 29.5 Å². The lowest BCUT2D eigenvalue weighted by Crippen LogP contribution is -2.54. The number of benzene rings is 2. The summed E-state index contributed by atoms with van der Waals surface area (Å²) in [5.41, 5.74) is 3.06. The summed E-state index contributed by atoms with van der Waals surface area (Å²) in [5, 5.41) is 3.06. The molecule has 7 heteroatoms. The van der Waals surface area contributed by atoms with E-state index in [4.69, 9.17) is 0 Å². The van der Waals surface area contributed by atoms with Gasteiger partial charge in [-0.3, -0.25) is 19.3 Å². The highest BCUT2D eigenvalue weighted by atomic mass is 79.9. The Morgan fingerprint density at radius 3 is 2.68 bits per heavy atom. The molecular formula is C24H22BrN3O3. The number of para-hydroxylation sites is 1. The zero-order valence-electron chi connectivity index (χ0n) is 17.3. The number of fused-ring (bicyclic) bond motifs is 7. The van der Waals surface area contributed by atoms with Gasteiger partial charge in [0.2, 0.25) is 17.7 Å². The fourth-order valence-corrected chi connectivity index (χ4v) is 7.08. The fourth-order valence-electron chi connectivity index (χ4n) is 6.41. The van der Waals surface area contributed by atoms with Crippen molar-refractivity contribution in [1.82, 2.24) is 4.90 Å². The van der Waals surface area contributed by atoms with Gasteiger partial charge in [0.05, 0.1) is 17.5 Å². The molecule has 158 valence electrons. The van der Waals surface area contributed by atoms with Gasteiger partial charge >= 0.3 is 0 Å². The maximum atomic E-state index is 13.9. The maximum Gasteiger partial charge on any atom is 0.250 e. The lowest BCUT2D eigenvalue weighted by atomic mass is 9.75. The number of rotatable bonds is 1. The largest absolute Gasteiger partial charge is 0.324 e. The number of nitrogens with zero attached hydrogens (tertiary/aromatic N) is 2. The van der Waals surface area contributed by atoms with Crippen LogP contribution in [0.3, 0.4) is 0 Å². The van der Waals surface area contributed by atoms with Crippen molar-refractivity contribution in [2.75, 3.05) is 16.8 Å². The molecule has 0 saturated carbocycles. The van der Waals surface area contributed by atoms with Crippen LogP contribution in [0.4, 0.5) is 11.4 Å². The average molecular weight is 480 g/mol. The van der Waals surface area contributed by atoms with Gasteiger partial charge in [-0.1, -0.05) is 24.3 Å². The number of carbonyl (C=O) groups excluding carboxylic acids is 3. The lowest BCUT2D eigenvalue weighted by molar-refractivity contribution is -0.135. The molecule has 6 nitrogen and oxygen atoms in total. The number of hydrogen-bond donors (Lipinski definition) is 1. The van der Waals surface area contributed by atoms with E-state index in [0.717, 1.165) is 35.2 Å². The van der Waals surface area contributed by atoms with E-state index in [2.05, 4.69) is 26.1 Å². The summed E-state index contributed by atoms with van der Waals surface area (Å²) < 4.78 is 0.707. The Labute approximate surface area is 188 Å². The van der Waals surface area contributed by atoms with Crippen molar-refractivity contribution in [3.63, 3.8) is 0 Å². The predicted molar refractivity (Wildman–Crippen MR) is 120 cm³/mol. The number of amides is 3. The monoisotopic (exact) mass is 479 g/mol. The van der Waals surface area contributed by atoms with Crippen molar-refractivity contribution in [2.45, 2.75) is 38.3 Å². The Kier molecular flexibility index (Phi) is 3.88. The molecule has 0 aliphatic carbocycles. The van der Waals surface area contributed by atoms with E-state index in [0.29, 0.717) is 16.7 Å². The summed E-state index contributed by atoms with van der Waals surface area (Å²) in [6.07, 6.45) is 1.74. The first-order valence-electron chi connectivity index (χ1n) is 10.7. The molecule has 2 aromatic carbocycles. The van der Waals surface area contributed by atoms with Crippen molar-refractivity contribution >= 4 is 45.0 Å². The van der Waals surface area contributed by atoms with Crippen LogP contribution in [0.15, 0.2) is 40.9 Å². The normalized spacial score (nSPS) is 31.4. The zero-order valence-corrected chi connectivity index (χ0v) is 18.9. The van der Waals surface area contributed by atoms with Gasteiger partial charge in [0.25, 0.3) is 0 Å². The van der Waals surface area contributed by atoms with E-state index < -0.39 is 17.4 Å². The Bertz CT molecular complexity index is 1190. The van der Waals surface area contributed by atoms with Crippen LogP contribution in [-0.4, -0.2) is 35.2 Å². The summed E-state index contributed by atoms with van der Waals surface area (Å²) in [4.78, 5) is 44.8. The molecule has 0 unspecified atom stereocenters. The van der Waals surface area contributed by atoms with Gasteiger partial charge in [-0.05, 0) is 72.4 Å². The summed E-state index contributed by atoms with van der Waals surface area (Å²) in [5.74, 6) is -1.88. The third-order valence-electron chi connectivity index (χ3n) is 7.58. The molecule has 4 heterocycles. The van der Waals surface area contributed by atoms with E-state index in [1.54, 1.807) is 0 Å². The van der Waals surface area contributed by atoms with Gasteiger partial charge in [-0.15, -0.1) is 0 Å². The number of anilines is 2. The molecule has 1 spiro atoms. The summed E-state index contributed by atoms with van der Waals surface area (Å²) in [6.45, 7) is 4.64. The minimum absolute atomic E-state index is 0.104. The second kappa shape index (κ2) is 6.26. The molecule has 1 N–H and O–H groups in total. The number of imide groups is 1. The Morgan fingerprint density at radius 2 is 1.90 bits per heavy atom. The highest BCUT2D eigenvalue weighted by molar-refractivity contribution is 9.10. The average Bonchev–Trinajstić information content (AvgIpc) is 3.42. The number of nitrogens with one attached hydrogen (secondary N) is 1. The van der Waals surface area contributed by atoms with Crippen LogP contribution in [0.2, 0.25) is 0 Å². The van der Waals surface area contributed by atoms with E-state index in [-0.39, 0.29) is 23.8 Å². The van der Waals surface area contributed by atoms with Crippen LogP contribution in [-0.2, 0) is 19.9 Å². The highest BCUT2D eigenvalue weighted by Crippen LogP contribution is 2.61. The zero-order chi connectivity index (χ0) is 21.7. The van der Waals surface area contributed by atoms with E-state index >= 15 is 0 Å². The minimum Gasteiger partial charge on any atom is -0.324 e. The van der Waals surface area contributed by atoms with Crippen LogP contribution in [0.5, 0.6) is 0 Å². The molecule has 0 aromatic heterocycles. The number of hydrogen-bond acceptors (Lipinski definition) is 4. The van der Waals surface area contributed by atoms with Crippen molar-refractivity contribution in [1.29, 1.82) is 0 Å². The third kappa shape index (κ3) is 2.18. The standard InChI is InChI=1S/C24H22BrN3O3/c1-12-8-9-16(15(25)11-12)28-21(29)18-17-7-4-10-27(17)24(19(18)22(28)30)14-6-3-5-13(2)20(14)26-23(24)31/h3,5-6,8-9,11,17-19H,4,7,10H2,1-2H3,(H,26,31)/t17-,18+,19+,24-/m0/s1. The topological polar surface area (TPSA) is 69.7 Å². The highest BCUT2D eigenvalue weighted by Gasteiger charge is 2.74. The Balaban J connectivity index is 1.57. The predicted octanol–water partition coefficient (Wildman–Crippen LogP) is 3.50. The second-order valence-electron chi connectivity index (χ2n) is 9.09.